The molecule has 0 radical (unpaired) electrons. The molecule has 0 aromatic heterocycles. The number of carbonyl (C=O) groups excluding carboxylic acids is 1. The third-order valence-electron chi connectivity index (χ3n) is 12.2. The number of carbonyl (C=O) groups is 1. The summed E-state index contributed by atoms with van der Waals surface area (Å²) < 4.78 is 0. The fraction of sp³-hybridized carbons (Fsp3) is 0.836. The summed E-state index contributed by atoms with van der Waals surface area (Å²) >= 11 is 0. The van der Waals surface area contributed by atoms with Crippen LogP contribution in [0.25, 0.3) is 0 Å². The minimum atomic E-state index is -1.29. The van der Waals surface area contributed by atoms with Gasteiger partial charge in [-0.25, -0.2) is 0 Å². The highest BCUT2D eigenvalue weighted by molar-refractivity contribution is 5.80. The minimum Gasteiger partial charge on any atom is -0.394 e. The number of unbranched alkanes of at least 4 members (excludes halogenated alkanes) is 31. The van der Waals surface area contributed by atoms with Crippen LogP contribution in [0.2, 0.25) is 0 Å². The highest BCUT2D eigenvalue weighted by atomic mass is 16.3. The zero-order chi connectivity index (χ0) is 44.5. The molecule has 0 bridgehead atoms. The van der Waals surface area contributed by atoms with Gasteiger partial charge in [0.05, 0.1) is 18.8 Å². The van der Waals surface area contributed by atoms with Crippen molar-refractivity contribution < 1.29 is 25.2 Å². The maximum atomic E-state index is 12.5. The molecular formula is C55H103NO5. The standard InChI is InChI=1S/C55H103NO5/c1-3-5-7-9-11-13-15-17-19-20-21-22-23-24-25-26-27-28-29-30-31-32-33-34-35-37-39-41-43-45-47-49-53(59)55(61)56-51(50-57)54(60)52(58)48-46-44-42-40-38-36-18-16-14-12-10-8-6-4-2/h8,10,16,18,24-25,40,42,51-54,57-60H,3-7,9,11-15,17,19-23,26-39,41,43-50H2,1-2H3,(H,56,61)/b10-8+,18-16+,25-24-,42-40+. The first-order valence-electron chi connectivity index (χ1n) is 26.5. The molecule has 0 aliphatic carbocycles. The van der Waals surface area contributed by atoms with Crippen molar-refractivity contribution in [2.24, 2.45) is 0 Å². The van der Waals surface area contributed by atoms with Crippen LogP contribution in [0.3, 0.4) is 0 Å². The fourth-order valence-corrected chi connectivity index (χ4v) is 8.03. The van der Waals surface area contributed by atoms with Gasteiger partial charge in [0.25, 0.3) is 0 Å². The van der Waals surface area contributed by atoms with Crippen molar-refractivity contribution in [3.05, 3.63) is 48.6 Å². The van der Waals surface area contributed by atoms with Crippen molar-refractivity contribution in [1.29, 1.82) is 0 Å². The van der Waals surface area contributed by atoms with Gasteiger partial charge in [0.1, 0.15) is 12.2 Å². The largest absolute Gasteiger partial charge is 0.394 e. The molecular weight excluding hydrogens is 755 g/mol. The lowest BCUT2D eigenvalue weighted by Crippen LogP contribution is -2.53. The van der Waals surface area contributed by atoms with Crippen molar-refractivity contribution in [1.82, 2.24) is 5.32 Å². The molecule has 0 aromatic rings. The van der Waals surface area contributed by atoms with Gasteiger partial charge in [-0.05, 0) is 83.5 Å². The summed E-state index contributed by atoms with van der Waals surface area (Å²) in [5, 5.41) is 43.7. The van der Waals surface area contributed by atoms with E-state index in [0.717, 1.165) is 57.8 Å². The van der Waals surface area contributed by atoms with Gasteiger partial charge in [-0.2, -0.15) is 0 Å². The van der Waals surface area contributed by atoms with Crippen LogP contribution in [-0.2, 0) is 4.79 Å². The van der Waals surface area contributed by atoms with Crippen LogP contribution in [-0.4, -0.2) is 57.3 Å². The average molecular weight is 858 g/mol. The SMILES string of the molecule is CCC/C=C/CC/C=C/CC/C=C/CCCC(O)C(O)C(CO)NC(=O)C(O)CCCCCCCCCCCCCCCCC/C=C\CCCCCCCCCCCCCC. The van der Waals surface area contributed by atoms with Crippen LogP contribution in [0.4, 0.5) is 0 Å². The molecule has 61 heavy (non-hydrogen) atoms. The molecule has 0 spiro atoms. The number of amides is 1. The van der Waals surface area contributed by atoms with E-state index in [2.05, 4.69) is 67.8 Å². The monoisotopic (exact) mass is 858 g/mol. The van der Waals surface area contributed by atoms with Gasteiger partial charge in [0, 0.05) is 0 Å². The van der Waals surface area contributed by atoms with E-state index in [1.54, 1.807) is 0 Å². The Balaban J connectivity index is 3.62. The molecule has 0 fully saturated rings. The Morgan fingerprint density at radius 2 is 0.721 bits per heavy atom. The zero-order valence-electron chi connectivity index (χ0n) is 40.4. The van der Waals surface area contributed by atoms with E-state index < -0.39 is 36.9 Å². The number of aliphatic hydroxyl groups is 4. The highest BCUT2D eigenvalue weighted by Crippen LogP contribution is 2.17. The summed E-state index contributed by atoms with van der Waals surface area (Å²) in [6, 6.07) is -1.01. The molecule has 6 heteroatoms. The second-order valence-electron chi connectivity index (χ2n) is 18.2. The highest BCUT2D eigenvalue weighted by Gasteiger charge is 2.28. The first kappa shape index (κ1) is 59.3. The van der Waals surface area contributed by atoms with Crippen LogP contribution < -0.4 is 5.32 Å². The predicted molar refractivity (Wildman–Crippen MR) is 265 cm³/mol. The Bertz CT molecular complexity index is 1010. The molecule has 0 rings (SSSR count). The van der Waals surface area contributed by atoms with Crippen molar-refractivity contribution in [2.45, 2.75) is 289 Å². The van der Waals surface area contributed by atoms with Crippen molar-refractivity contribution in [3.63, 3.8) is 0 Å². The first-order chi connectivity index (χ1) is 30.0. The van der Waals surface area contributed by atoms with Gasteiger partial charge in [0.2, 0.25) is 5.91 Å². The van der Waals surface area contributed by atoms with Gasteiger partial charge in [-0.1, -0.05) is 229 Å². The van der Waals surface area contributed by atoms with Gasteiger partial charge < -0.3 is 25.7 Å². The second-order valence-corrected chi connectivity index (χ2v) is 18.2. The number of hydrogen-bond donors (Lipinski definition) is 5. The number of allylic oxidation sites excluding steroid dienone is 8. The number of rotatable bonds is 48. The third-order valence-corrected chi connectivity index (χ3v) is 12.2. The summed E-state index contributed by atoms with van der Waals surface area (Å²) in [5.41, 5.74) is 0. The summed E-state index contributed by atoms with van der Waals surface area (Å²) in [6.45, 7) is 3.98. The van der Waals surface area contributed by atoms with E-state index in [0.29, 0.717) is 19.3 Å². The molecule has 358 valence electrons. The van der Waals surface area contributed by atoms with Gasteiger partial charge in [-0.3, -0.25) is 4.79 Å². The van der Waals surface area contributed by atoms with Crippen LogP contribution >= 0.6 is 0 Å². The number of hydrogen-bond acceptors (Lipinski definition) is 5. The van der Waals surface area contributed by atoms with Crippen molar-refractivity contribution >= 4 is 5.91 Å². The lowest BCUT2D eigenvalue weighted by Gasteiger charge is -2.27. The zero-order valence-corrected chi connectivity index (χ0v) is 40.4. The average Bonchev–Trinajstić information content (AvgIpc) is 3.26. The molecule has 5 N–H and O–H groups in total. The van der Waals surface area contributed by atoms with Crippen molar-refractivity contribution in [2.75, 3.05) is 6.61 Å². The van der Waals surface area contributed by atoms with Gasteiger partial charge in [-0.15, -0.1) is 0 Å². The Morgan fingerprint density at radius 3 is 1.10 bits per heavy atom. The number of nitrogens with one attached hydrogen (secondary N) is 1. The normalized spacial score (nSPS) is 14.3. The third kappa shape index (κ3) is 43.3. The first-order valence-corrected chi connectivity index (χ1v) is 26.5. The smallest absolute Gasteiger partial charge is 0.249 e. The molecule has 6 nitrogen and oxygen atoms in total. The Hall–Kier alpha value is -1.73. The molecule has 4 unspecified atom stereocenters. The van der Waals surface area contributed by atoms with Gasteiger partial charge in [0.15, 0.2) is 0 Å². The maximum Gasteiger partial charge on any atom is 0.249 e. The quantitative estimate of drug-likeness (QED) is 0.0309. The van der Waals surface area contributed by atoms with E-state index in [1.165, 1.54) is 173 Å². The molecule has 4 atom stereocenters. The van der Waals surface area contributed by atoms with E-state index >= 15 is 0 Å². The van der Waals surface area contributed by atoms with Crippen LogP contribution in [0.5, 0.6) is 0 Å². The van der Waals surface area contributed by atoms with E-state index in [-0.39, 0.29) is 0 Å². The lowest BCUT2D eigenvalue weighted by atomic mass is 10.00. The van der Waals surface area contributed by atoms with Gasteiger partial charge >= 0.3 is 0 Å². The Kier molecular flexibility index (Phi) is 47.9. The van der Waals surface area contributed by atoms with Crippen LogP contribution in [0.1, 0.15) is 264 Å². The molecule has 0 aliphatic heterocycles. The summed E-state index contributed by atoms with van der Waals surface area (Å²) in [6.07, 6.45) is 61.8. The molecule has 0 aliphatic rings. The summed E-state index contributed by atoms with van der Waals surface area (Å²) in [4.78, 5) is 12.5. The van der Waals surface area contributed by atoms with E-state index in [9.17, 15) is 25.2 Å². The topological polar surface area (TPSA) is 110 Å². The van der Waals surface area contributed by atoms with Crippen molar-refractivity contribution in [3.8, 4) is 0 Å². The Labute approximate surface area is 379 Å². The van der Waals surface area contributed by atoms with E-state index in [4.69, 9.17) is 0 Å². The molecule has 0 aromatic carbocycles. The van der Waals surface area contributed by atoms with Crippen LogP contribution in [0, 0.1) is 0 Å². The molecule has 0 saturated carbocycles. The summed E-state index contributed by atoms with van der Waals surface area (Å²) in [7, 11) is 0. The second kappa shape index (κ2) is 49.3. The predicted octanol–water partition coefficient (Wildman–Crippen LogP) is 15.0. The van der Waals surface area contributed by atoms with E-state index in [1.807, 2.05) is 0 Å². The summed E-state index contributed by atoms with van der Waals surface area (Å²) in [5.74, 6) is -0.599. The van der Waals surface area contributed by atoms with Crippen LogP contribution in [0.15, 0.2) is 48.6 Å². The minimum absolute atomic E-state index is 0.359. The molecule has 0 saturated heterocycles. The molecule has 1 amide bonds. The molecule has 0 heterocycles. The fourth-order valence-electron chi connectivity index (χ4n) is 8.03. The number of aliphatic hydroxyl groups excluding tert-OH is 4. The maximum absolute atomic E-state index is 12.5. The Morgan fingerprint density at radius 1 is 0.393 bits per heavy atom. The lowest BCUT2D eigenvalue weighted by molar-refractivity contribution is -0.132.